The molecule has 0 fully saturated rings. The lowest BCUT2D eigenvalue weighted by molar-refractivity contribution is -0.137. The van der Waals surface area contributed by atoms with E-state index in [1.165, 1.54) is 24.0 Å². The SMILES string of the molecule is CCN(CC(=O)NCc1ccc(F)cc1)C(=O)COc1ccccc1NC(C)=O. The molecule has 154 valence electrons. The quantitative estimate of drug-likeness (QED) is 0.675. The van der Waals surface area contributed by atoms with Gasteiger partial charge >= 0.3 is 0 Å². The molecule has 0 heterocycles. The van der Waals surface area contributed by atoms with Crippen molar-refractivity contribution in [3.8, 4) is 5.75 Å². The molecular weight excluding hydrogens is 377 g/mol. The second-order valence-electron chi connectivity index (χ2n) is 6.28. The highest BCUT2D eigenvalue weighted by Gasteiger charge is 2.17. The van der Waals surface area contributed by atoms with E-state index >= 15 is 0 Å². The molecule has 7 nitrogen and oxygen atoms in total. The average Bonchev–Trinajstić information content (AvgIpc) is 2.70. The van der Waals surface area contributed by atoms with Gasteiger partial charge in [-0.1, -0.05) is 24.3 Å². The van der Waals surface area contributed by atoms with Crippen LogP contribution in [0.2, 0.25) is 0 Å². The first-order valence-corrected chi connectivity index (χ1v) is 9.17. The second-order valence-corrected chi connectivity index (χ2v) is 6.28. The third-order valence-electron chi connectivity index (χ3n) is 4.02. The zero-order valence-electron chi connectivity index (χ0n) is 16.4. The molecule has 29 heavy (non-hydrogen) atoms. The Morgan fingerprint density at radius 2 is 1.76 bits per heavy atom. The topological polar surface area (TPSA) is 87.7 Å². The van der Waals surface area contributed by atoms with Crippen LogP contribution in [0.15, 0.2) is 48.5 Å². The normalized spacial score (nSPS) is 10.2. The summed E-state index contributed by atoms with van der Waals surface area (Å²) in [5.41, 5.74) is 1.22. The van der Waals surface area contributed by atoms with Crippen molar-refractivity contribution in [2.75, 3.05) is 25.0 Å². The molecule has 0 aliphatic heterocycles. The Hall–Kier alpha value is -3.42. The molecule has 2 N–H and O–H groups in total. The molecule has 0 saturated carbocycles. The first kappa shape index (κ1) is 21.9. The number of halogens is 1. The van der Waals surface area contributed by atoms with Crippen LogP contribution in [0.3, 0.4) is 0 Å². The third kappa shape index (κ3) is 7.25. The Morgan fingerprint density at radius 3 is 2.41 bits per heavy atom. The first-order valence-electron chi connectivity index (χ1n) is 9.17. The van der Waals surface area contributed by atoms with Gasteiger partial charge in [0.15, 0.2) is 6.61 Å². The maximum absolute atomic E-state index is 12.9. The summed E-state index contributed by atoms with van der Waals surface area (Å²) in [6.07, 6.45) is 0. The highest BCUT2D eigenvalue weighted by molar-refractivity contribution is 5.90. The van der Waals surface area contributed by atoms with E-state index in [9.17, 15) is 18.8 Å². The van der Waals surface area contributed by atoms with Crippen molar-refractivity contribution < 1.29 is 23.5 Å². The highest BCUT2D eigenvalue weighted by Crippen LogP contribution is 2.23. The smallest absolute Gasteiger partial charge is 0.260 e. The molecule has 0 bridgehead atoms. The van der Waals surface area contributed by atoms with Crippen molar-refractivity contribution in [1.82, 2.24) is 10.2 Å². The molecule has 0 aromatic heterocycles. The van der Waals surface area contributed by atoms with E-state index in [1.54, 1.807) is 43.3 Å². The Bertz CT molecular complexity index is 855. The van der Waals surface area contributed by atoms with Gasteiger partial charge in [-0.3, -0.25) is 14.4 Å². The predicted molar refractivity (Wildman–Crippen MR) is 107 cm³/mol. The molecule has 0 aliphatic carbocycles. The summed E-state index contributed by atoms with van der Waals surface area (Å²) in [5, 5.41) is 5.33. The number of amides is 3. The number of nitrogens with one attached hydrogen (secondary N) is 2. The Labute approximate surface area is 168 Å². The summed E-state index contributed by atoms with van der Waals surface area (Å²) in [6.45, 7) is 3.33. The van der Waals surface area contributed by atoms with E-state index in [2.05, 4.69) is 10.6 Å². The van der Waals surface area contributed by atoms with E-state index in [1.807, 2.05) is 0 Å². The van der Waals surface area contributed by atoms with E-state index in [0.717, 1.165) is 5.56 Å². The summed E-state index contributed by atoms with van der Waals surface area (Å²) in [4.78, 5) is 37.2. The van der Waals surface area contributed by atoms with Crippen LogP contribution < -0.4 is 15.4 Å². The summed E-state index contributed by atoms with van der Waals surface area (Å²) in [6, 6.07) is 12.6. The fraction of sp³-hybridized carbons (Fsp3) is 0.286. The fourth-order valence-electron chi connectivity index (χ4n) is 2.52. The number of hydrogen-bond acceptors (Lipinski definition) is 4. The summed E-state index contributed by atoms with van der Waals surface area (Å²) in [5.74, 6) is -0.915. The number of rotatable bonds is 9. The molecule has 0 aliphatic rings. The van der Waals surface area contributed by atoms with E-state index in [0.29, 0.717) is 18.0 Å². The van der Waals surface area contributed by atoms with Crippen molar-refractivity contribution in [2.45, 2.75) is 20.4 Å². The highest BCUT2D eigenvalue weighted by atomic mass is 19.1. The first-order chi connectivity index (χ1) is 13.9. The fourth-order valence-corrected chi connectivity index (χ4v) is 2.52. The van der Waals surface area contributed by atoms with Gasteiger partial charge in [0.25, 0.3) is 5.91 Å². The summed E-state index contributed by atoms with van der Waals surface area (Å²) < 4.78 is 18.4. The minimum atomic E-state index is -0.359. The molecule has 0 saturated heterocycles. The number of hydrogen-bond donors (Lipinski definition) is 2. The lowest BCUT2D eigenvalue weighted by atomic mass is 10.2. The molecule has 0 radical (unpaired) electrons. The molecule has 3 amide bonds. The van der Waals surface area contributed by atoms with Gasteiger partial charge in [0, 0.05) is 20.0 Å². The van der Waals surface area contributed by atoms with E-state index in [-0.39, 0.29) is 43.2 Å². The Morgan fingerprint density at radius 1 is 1.07 bits per heavy atom. The van der Waals surface area contributed by atoms with Crippen molar-refractivity contribution in [3.63, 3.8) is 0 Å². The Balaban J connectivity index is 1.86. The van der Waals surface area contributed by atoms with Gasteiger partial charge in [-0.05, 0) is 36.8 Å². The lowest BCUT2D eigenvalue weighted by Crippen LogP contribution is -2.42. The van der Waals surface area contributed by atoms with Gasteiger partial charge in [0.1, 0.15) is 11.6 Å². The van der Waals surface area contributed by atoms with Crippen LogP contribution in [0.1, 0.15) is 19.4 Å². The minimum absolute atomic E-state index is 0.118. The van der Waals surface area contributed by atoms with Crippen LogP contribution in [-0.2, 0) is 20.9 Å². The number of para-hydroxylation sites is 2. The number of benzene rings is 2. The number of likely N-dealkylation sites (N-methyl/N-ethyl adjacent to an activating group) is 1. The van der Waals surface area contributed by atoms with Crippen LogP contribution in [-0.4, -0.2) is 42.3 Å². The zero-order chi connectivity index (χ0) is 21.2. The van der Waals surface area contributed by atoms with Gasteiger partial charge in [-0.2, -0.15) is 0 Å². The van der Waals surface area contributed by atoms with Crippen molar-refractivity contribution in [3.05, 3.63) is 59.9 Å². The molecule has 2 aromatic rings. The number of carbonyl (C=O) groups excluding carboxylic acids is 3. The molecular formula is C21H24FN3O4. The molecule has 2 rings (SSSR count). The Kier molecular flexibility index (Phi) is 8.14. The van der Waals surface area contributed by atoms with E-state index < -0.39 is 0 Å². The summed E-state index contributed by atoms with van der Waals surface area (Å²) >= 11 is 0. The minimum Gasteiger partial charge on any atom is -0.482 e. The van der Waals surface area contributed by atoms with Crippen LogP contribution >= 0.6 is 0 Å². The largest absolute Gasteiger partial charge is 0.482 e. The molecule has 0 spiro atoms. The standard InChI is InChI=1S/C21H24FN3O4/c1-3-25(13-20(27)23-12-16-8-10-17(22)11-9-16)21(28)14-29-19-7-5-4-6-18(19)24-15(2)26/h4-11H,3,12-14H2,1-2H3,(H,23,27)(H,24,26). The number of ether oxygens (including phenoxy) is 1. The van der Waals surface area contributed by atoms with Gasteiger partial charge in [0.2, 0.25) is 11.8 Å². The van der Waals surface area contributed by atoms with Crippen molar-refractivity contribution in [2.24, 2.45) is 0 Å². The molecule has 0 unspecified atom stereocenters. The second kappa shape index (κ2) is 10.8. The van der Waals surface area contributed by atoms with E-state index in [4.69, 9.17) is 4.74 Å². The van der Waals surface area contributed by atoms with Gasteiger partial charge in [-0.25, -0.2) is 4.39 Å². The van der Waals surface area contributed by atoms with Crippen molar-refractivity contribution in [1.29, 1.82) is 0 Å². The van der Waals surface area contributed by atoms with Gasteiger partial charge in [-0.15, -0.1) is 0 Å². The number of anilines is 1. The maximum Gasteiger partial charge on any atom is 0.260 e. The monoisotopic (exact) mass is 401 g/mol. The predicted octanol–water partition coefficient (Wildman–Crippen LogP) is 2.33. The third-order valence-corrected chi connectivity index (χ3v) is 4.02. The molecule has 2 aromatic carbocycles. The average molecular weight is 401 g/mol. The molecule has 0 atom stereocenters. The van der Waals surface area contributed by atoms with Crippen LogP contribution in [0.4, 0.5) is 10.1 Å². The summed E-state index contributed by atoms with van der Waals surface area (Å²) in [7, 11) is 0. The zero-order valence-corrected chi connectivity index (χ0v) is 16.4. The van der Waals surface area contributed by atoms with Crippen LogP contribution in [0.5, 0.6) is 5.75 Å². The van der Waals surface area contributed by atoms with Crippen LogP contribution in [0, 0.1) is 5.82 Å². The van der Waals surface area contributed by atoms with Gasteiger partial charge < -0.3 is 20.3 Å². The van der Waals surface area contributed by atoms with Crippen LogP contribution in [0.25, 0.3) is 0 Å². The van der Waals surface area contributed by atoms with Crippen molar-refractivity contribution >= 4 is 23.4 Å². The molecule has 8 heteroatoms. The maximum atomic E-state index is 12.9. The lowest BCUT2D eigenvalue weighted by Gasteiger charge is -2.21. The number of nitrogens with zero attached hydrogens (tertiary/aromatic N) is 1. The number of carbonyl (C=O) groups is 3. The van der Waals surface area contributed by atoms with Gasteiger partial charge in [0.05, 0.1) is 12.2 Å².